The van der Waals surface area contributed by atoms with Gasteiger partial charge in [-0.25, -0.2) is 9.29 Å². The summed E-state index contributed by atoms with van der Waals surface area (Å²) in [5.74, 6) is -4.29. The van der Waals surface area contributed by atoms with E-state index in [2.05, 4.69) is 15.1 Å². The van der Waals surface area contributed by atoms with Crippen LogP contribution >= 0.6 is 11.6 Å². The van der Waals surface area contributed by atoms with Crippen LogP contribution in [0.4, 0.5) is 10.1 Å². The van der Waals surface area contributed by atoms with E-state index in [0.717, 1.165) is 42.7 Å². The second-order valence-corrected chi connectivity index (χ2v) is 14.5. The van der Waals surface area contributed by atoms with Crippen molar-refractivity contribution in [2.45, 2.75) is 81.8 Å². The van der Waals surface area contributed by atoms with Crippen LogP contribution in [0.1, 0.15) is 67.3 Å². The number of carbonyl (C=O) groups excluding carboxylic acids is 2. The molecule has 3 atom stereocenters. The molecule has 0 radical (unpaired) electrons. The summed E-state index contributed by atoms with van der Waals surface area (Å²) in [4.78, 5) is 44.4. The summed E-state index contributed by atoms with van der Waals surface area (Å²) < 4.78 is 36.3. The second-order valence-electron chi connectivity index (χ2n) is 14.1. The van der Waals surface area contributed by atoms with Crippen molar-refractivity contribution in [3.05, 3.63) is 64.6 Å². The molecule has 6 rings (SSSR count). The van der Waals surface area contributed by atoms with Crippen LogP contribution in [-0.4, -0.2) is 102 Å². The number of amides is 1. The van der Waals surface area contributed by atoms with E-state index in [1.807, 2.05) is 35.9 Å². The van der Waals surface area contributed by atoms with Crippen molar-refractivity contribution in [1.82, 2.24) is 14.4 Å². The number of halogens is 2. The molecule has 1 unspecified atom stereocenters. The number of hydrogen-bond donors (Lipinski definition) is 2. The summed E-state index contributed by atoms with van der Waals surface area (Å²) in [5, 5.41) is 13.3. The van der Waals surface area contributed by atoms with E-state index in [1.54, 1.807) is 20.4 Å². The number of Topliss-reactive ketones (excluding diaryl/α,β-unsaturated/α-hetero) is 1. The number of rotatable bonds is 14. The monoisotopic (exact) mass is 726 g/mol. The highest BCUT2D eigenvalue weighted by molar-refractivity contribution is 6.34. The van der Waals surface area contributed by atoms with Crippen LogP contribution in [0, 0.1) is 11.7 Å². The number of ether oxygens (including phenoxy) is 3. The normalized spacial score (nSPS) is 24.2. The largest absolute Gasteiger partial charge is 0.481 e. The van der Waals surface area contributed by atoms with Crippen LogP contribution in [0.3, 0.4) is 0 Å². The Balaban J connectivity index is 1.33. The van der Waals surface area contributed by atoms with Crippen molar-refractivity contribution in [2.24, 2.45) is 13.0 Å². The van der Waals surface area contributed by atoms with Crippen LogP contribution < -0.4 is 5.32 Å². The summed E-state index contributed by atoms with van der Waals surface area (Å²) in [6.07, 6.45) is 6.14. The SMILES string of the molecule is COC[C@H]1CC[C@@H](COC)N1C(O[C@H]1CC[C@H](C(=O)O)CC1)(C(=O)Cc1cc(Cl)c(NC(=O)c2cn(C)c3ccccc23)cc1F)N1CCCC1. The van der Waals surface area contributed by atoms with Crippen molar-refractivity contribution in [3.63, 3.8) is 0 Å². The zero-order chi connectivity index (χ0) is 36.3. The highest BCUT2D eigenvalue weighted by atomic mass is 35.5. The maximum atomic E-state index is 16.1. The lowest BCUT2D eigenvalue weighted by molar-refractivity contribution is -0.270. The number of carbonyl (C=O) groups is 3. The van der Waals surface area contributed by atoms with Gasteiger partial charge in [0.05, 0.1) is 41.5 Å². The standard InChI is InChI=1S/C38H48ClFN4O7/c1-42-21-30(29-8-4-5-9-34(29)42)36(46)41-33-20-32(40)25(18-31(33)39)19-35(45)38(43-16-6-7-17-43,51-28-14-10-24(11-15-28)37(47)48)44-26(22-49-2)12-13-27(44)23-50-3/h4-5,8-9,18,20-21,24,26-28H,6-7,10-17,19,22-23H2,1-3H3,(H,41,46)(H,47,48)/t24-,26-,27+,28-,38?. The number of hydrogen-bond acceptors (Lipinski definition) is 8. The molecule has 1 aromatic heterocycles. The summed E-state index contributed by atoms with van der Waals surface area (Å²) >= 11 is 6.70. The molecular weight excluding hydrogens is 679 g/mol. The lowest BCUT2D eigenvalue weighted by atomic mass is 9.87. The Kier molecular flexibility index (Phi) is 11.8. The van der Waals surface area contributed by atoms with Gasteiger partial charge in [-0.1, -0.05) is 29.8 Å². The predicted molar refractivity (Wildman–Crippen MR) is 191 cm³/mol. The second kappa shape index (κ2) is 16.1. The summed E-state index contributed by atoms with van der Waals surface area (Å²) in [6, 6.07) is 9.73. The Morgan fingerprint density at radius 3 is 2.25 bits per heavy atom. The minimum Gasteiger partial charge on any atom is -0.481 e. The Labute approximate surface area is 302 Å². The van der Waals surface area contributed by atoms with Gasteiger partial charge in [-0.3, -0.25) is 19.3 Å². The molecule has 3 aliphatic rings. The molecule has 276 valence electrons. The number of aromatic nitrogens is 1. The van der Waals surface area contributed by atoms with E-state index in [4.69, 9.17) is 25.8 Å². The fourth-order valence-electron chi connectivity index (χ4n) is 8.35. The average Bonchev–Trinajstić information content (AvgIpc) is 3.87. The van der Waals surface area contributed by atoms with Crippen LogP contribution in [0.5, 0.6) is 0 Å². The third kappa shape index (κ3) is 7.58. The molecule has 1 amide bonds. The number of aliphatic carboxylic acids is 1. The van der Waals surface area contributed by atoms with E-state index in [-0.39, 0.29) is 46.7 Å². The highest BCUT2D eigenvalue weighted by Gasteiger charge is 2.58. The van der Waals surface area contributed by atoms with Gasteiger partial charge in [0.2, 0.25) is 5.85 Å². The molecule has 2 saturated heterocycles. The van der Waals surface area contributed by atoms with Gasteiger partial charge in [0.1, 0.15) is 5.82 Å². The number of benzene rings is 2. The number of nitrogens with one attached hydrogen (secondary N) is 1. The van der Waals surface area contributed by atoms with E-state index in [9.17, 15) is 14.7 Å². The first-order valence-corrected chi connectivity index (χ1v) is 18.2. The van der Waals surface area contributed by atoms with Crippen LogP contribution in [0.25, 0.3) is 10.9 Å². The van der Waals surface area contributed by atoms with Gasteiger partial charge in [-0.15, -0.1) is 0 Å². The van der Waals surface area contributed by atoms with Gasteiger partial charge in [-0.05, 0) is 75.1 Å². The number of ketones is 1. The number of methoxy groups -OCH3 is 2. The third-order valence-corrected chi connectivity index (χ3v) is 11.1. The zero-order valence-corrected chi connectivity index (χ0v) is 30.3. The molecular formula is C38H48ClFN4O7. The predicted octanol–water partition coefficient (Wildman–Crippen LogP) is 5.87. The third-order valence-electron chi connectivity index (χ3n) is 10.8. The maximum absolute atomic E-state index is 16.1. The highest BCUT2D eigenvalue weighted by Crippen LogP contribution is 2.42. The molecule has 2 aliphatic heterocycles. The maximum Gasteiger partial charge on any atom is 0.306 e. The molecule has 11 nitrogen and oxygen atoms in total. The number of carboxylic acid groups (broad SMARTS) is 1. The molecule has 51 heavy (non-hydrogen) atoms. The number of aryl methyl sites for hydroxylation is 1. The molecule has 3 aromatic rings. The molecule has 2 N–H and O–H groups in total. The molecule has 13 heteroatoms. The van der Waals surface area contributed by atoms with Crippen molar-refractivity contribution in [2.75, 3.05) is 45.8 Å². The average molecular weight is 727 g/mol. The number of carboxylic acids is 1. The molecule has 1 aliphatic carbocycles. The Hall–Kier alpha value is -3.39. The van der Waals surface area contributed by atoms with E-state index in [1.165, 1.54) is 6.07 Å². The zero-order valence-electron chi connectivity index (χ0n) is 29.5. The smallest absolute Gasteiger partial charge is 0.306 e. The summed E-state index contributed by atoms with van der Waals surface area (Å²) in [5.41, 5.74) is 1.49. The lowest BCUT2D eigenvalue weighted by Gasteiger charge is -2.52. The minimum absolute atomic E-state index is 0.0840. The minimum atomic E-state index is -1.57. The molecule has 0 spiro atoms. The molecule has 2 aromatic carbocycles. The van der Waals surface area contributed by atoms with Crippen molar-refractivity contribution in [1.29, 1.82) is 0 Å². The topological polar surface area (TPSA) is 123 Å². The quantitative estimate of drug-likeness (QED) is 0.210. The van der Waals surface area contributed by atoms with E-state index < -0.39 is 29.5 Å². The fraction of sp³-hybridized carbons (Fsp3) is 0.553. The first kappa shape index (κ1) is 37.4. The molecule has 1 saturated carbocycles. The van der Waals surface area contributed by atoms with Crippen LogP contribution in [-0.2, 0) is 37.3 Å². The molecule has 3 fully saturated rings. The summed E-state index contributed by atoms with van der Waals surface area (Å²) in [6.45, 7) is 1.94. The number of para-hydroxylation sites is 1. The first-order valence-electron chi connectivity index (χ1n) is 17.9. The lowest BCUT2D eigenvalue weighted by Crippen LogP contribution is -2.71. The van der Waals surface area contributed by atoms with Gasteiger partial charge in [0.25, 0.3) is 5.91 Å². The van der Waals surface area contributed by atoms with Crippen molar-refractivity contribution < 1.29 is 38.1 Å². The fourth-order valence-corrected chi connectivity index (χ4v) is 8.59. The van der Waals surface area contributed by atoms with Gasteiger partial charge in [0.15, 0.2) is 5.78 Å². The number of likely N-dealkylation sites (tertiary alicyclic amines) is 2. The Bertz CT molecular complexity index is 1720. The van der Waals surface area contributed by atoms with Gasteiger partial charge >= 0.3 is 5.97 Å². The van der Waals surface area contributed by atoms with E-state index >= 15 is 9.18 Å². The molecule has 3 heterocycles. The molecule has 0 bridgehead atoms. The van der Waals surface area contributed by atoms with Crippen molar-refractivity contribution in [3.8, 4) is 0 Å². The van der Waals surface area contributed by atoms with Gasteiger partial charge in [0, 0.05) is 70.0 Å². The Morgan fingerprint density at radius 2 is 1.63 bits per heavy atom. The first-order chi connectivity index (χ1) is 24.6. The van der Waals surface area contributed by atoms with Crippen LogP contribution in [0.2, 0.25) is 5.02 Å². The van der Waals surface area contributed by atoms with Gasteiger partial charge < -0.3 is 29.2 Å². The van der Waals surface area contributed by atoms with Crippen LogP contribution in [0.15, 0.2) is 42.6 Å². The number of anilines is 1. The number of fused-ring (bicyclic) bond motifs is 1. The number of nitrogens with zero attached hydrogens (tertiary/aromatic N) is 3. The van der Waals surface area contributed by atoms with Crippen molar-refractivity contribution >= 4 is 45.9 Å². The Morgan fingerprint density at radius 1 is 0.980 bits per heavy atom. The summed E-state index contributed by atoms with van der Waals surface area (Å²) in [7, 11) is 5.11. The van der Waals surface area contributed by atoms with E-state index in [0.29, 0.717) is 57.6 Å². The van der Waals surface area contributed by atoms with Gasteiger partial charge in [-0.2, -0.15) is 0 Å².